The molecule has 0 unspecified atom stereocenters. The van der Waals surface area contributed by atoms with E-state index >= 15 is 0 Å². The van der Waals surface area contributed by atoms with Crippen LogP contribution in [-0.4, -0.2) is 0 Å². The molecule has 0 aromatic heterocycles. The molecule has 0 N–H and O–H groups in total. The Kier molecular flexibility index (Phi) is 13.7. The average molecular weight is 361 g/mol. The molecule has 0 nitrogen and oxygen atoms in total. The fourth-order valence-corrected chi connectivity index (χ4v) is 3.48. The second-order valence-electron chi connectivity index (χ2n) is 7.40. The zero-order valence-electron chi connectivity index (χ0n) is 17.1. The third-order valence-corrected chi connectivity index (χ3v) is 5.09. The highest BCUT2D eigenvalue weighted by atomic mass is 14.1. The molecule has 1 aromatic rings. The Morgan fingerprint density at radius 2 is 1.00 bits per heavy atom. The molecule has 0 aliphatic rings. The van der Waals surface area contributed by atoms with Crippen LogP contribution in [0.15, 0.2) is 18.2 Å². The molecule has 0 heterocycles. The highest BCUT2D eigenvalue weighted by Crippen LogP contribution is 2.20. The Morgan fingerprint density at radius 1 is 0.519 bits per heavy atom. The minimum atomic E-state index is 0.903. The molecule has 0 saturated carbocycles. The van der Waals surface area contributed by atoms with Crippen molar-refractivity contribution in [2.24, 2.45) is 0 Å². The van der Waals surface area contributed by atoms with Crippen LogP contribution in [0.2, 0.25) is 0 Å². The van der Waals surface area contributed by atoms with Crippen molar-refractivity contribution in [1.82, 2.24) is 0 Å². The zero-order valence-corrected chi connectivity index (χ0v) is 17.1. The van der Waals surface area contributed by atoms with Crippen molar-refractivity contribution in [3.05, 3.63) is 34.9 Å². The lowest BCUT2D eigenvalue weighted by atomic mass is 9.93. The largest absolute Gasteiger partial charge is 0.120 e. The van der Waals surface area contributed by atoms with Crippen molar-refractivity contribution in [1.29, 1.82) is 0 Å². The molecule has 27 heavy (non-hydrogen) atoms. The van der Waals surface area contributed by atoms with E-state index in [4.69, 9.17) is 19.3 Å². The van der Waals surface area contributed by atoms with E-state index in [0.29, 0.717) is 0 Å². The Bertz CT molecular complexity index is 629. The predicted molar refractivity (Wildman–Crippen MR) is 119 cm³/mol. The normalized spacial score (nSPS) is 10.1. The van der Waals surface area contributed by atoms with Crippen molar-refractivity contribution in [2.75, 3.05) is 0 Å². The topological polar surface area (TPSA) is 0 Å². The fourth-order valence-electron chi connectivity index (χ4n) is 3.48. The summed E-state index contributed by atoms with van der Waals surface area (Å²) in [6.45, 7) is 0. The lowest BCUT2D eigenvalue weighted by Crippen LogP contribution is -1.98. The second kappa shape index (κ2) is 16.1. The van der Waals surface area contributed by atoms with Crippen molar-refractivity contribution < 1.29 is 0 Å². The third-order valence-electron chi connectivity index (χ3n) is 5.09. The number of hydrogen-bond acceptors (Lipinski definition) is 0. The van der Waals surface area contributed by atoms with Gasteiger partial charge in [-0.25, -0.2) is 0 Å². The zero-order chi connectivity index (χ0) is 19.6. The van der Waals surface area contributed by atoms with Crippen LogP contribution in [0.25, 0.3) is 0 Å². The van der Waals surface area contributed by atoms with E-state index in [2.05, 4.69) is 36.0 Å². The van der Waals surface area contributed by atoms with Crippen LogP contribution in [0, 0.1) is 37.0 Å². The maximum absolute atomic E-state index is 5.36. The number of terminal acetylenes is 3. The van der Waals surface area contributed by atoms with E-state index in [0.717, 1.165) is 44.9 Å². The van der Waals surface area contributed by atoms with Gasteiger partial charge in [-0.1, -0.05) is 37.5 Å². The first-order chi connectivity index (χ1) is 13.3. The maximum atomic E-state index is 5.36. The van der Waals surface area contributed by atoms with Crippen LogP contribution in [0.5, 0.6) is 0 Å². The van der Waals surface area contributed by atoms with Gasteiger partial charge in [-0.3, -0.25) is 0 Å². The molecule has 0 spiro atoms. The van der Waals surface area contributed by atoms with Crippen LogP contribution in [0.4, 0.5) is 0 Å². The summed E-state index contributed by atoms with van der Waals surface area (Å²) in [5.41, 5.74) is 4.56. The van der Waals surface area contributed by atoms with Gasteiger partial charge in [0.15, 0.2) is 0 Å². The number of aryl methyl sites for hydroxylation is 3. The quantitative estimate of drug-likeness (QED) is 0.236. The Hall–Kier alpha value is -2.10. The SMILES string of the molecule is C#CCCCCCc1ccc(CCCCCC#C)c(CCCCCC#C)c1. The van der Waals surface area contributed by atoms with Crippen molar-refractivity contribution >= 4 is 0 Å². The molecule has 0 aliphatic carbocycles. The van der Waals surface area contributed by atoms with Crippen LogP contribution in [0.1, 0.15) is 93.7 Å². The number of hydrogen-bond donors (Lipinski definition) is 0. The second-order valence-corrected chi connectivity index (χ2v) is 7.40. The van der Waals surface area contributed by atoms with Gasteiger partial charge in [0.25, 0.3) is 0 Å². The monoisotopic (exact) mass is 360 g/mol. The molecule has 0 aliphatic heterocycles. The summed E-state index contributed by atoms with van der Waals surface area (Å²) >= 11 is 0. The first-order valence-electron chi connectivity index (χ1n) is 10.7. The molecule has 0 radical (unpaired) electrons. The standard InChI is InChI=1S/C27H36/c1-4-7-10-13-16-19-25-22-23-26(20-17-14-11-8-5-2)27(24-25)21-18-15-12-9-6-3/h1-3,22-24H,7-21H2. The molecule has 1 rings (SSSR count). The van der Waals surface area contributed by atoms with Gasteiger partial charge in [-0.15, -0.1) is 37.0 Å². The summed E-state index contributed by atoms with van der Waals surface area (Å²) in [6, 6.07) is 7.16. The first kappa shape index (κ1) is 22.9. The molecule has 0 saturated heterocycles. The Labute approximate surface area is 168 Å². The number of rotatable bonds is 15. The van der Waals surface area contributed by atoms with Gasteiger partial charge in [0.05, 0.1) is 0 Å². The van der Waals surface area contributed by atoms with Crippen LogP contribution in [-0.2, 0) is 19.3 Å². The molecule has 0 atom stereocenters. The molecule has 0 fully saturated rings. The van der Waals surface area contributed by atoms with Crippen LogP contribution in [0.3, 0.4) is 0 Å². The predicted octanol–water partition coefficient (Wildman–Crippen LogP) is 6.89. The van der Waals surface area contributed by atoms with Gasteiger partial charge in [0.2, 0.25) is 0 Å². The van der Waals surface area contributed by atoms with Gasteiger partial charge in [0, 0.05) is 19.3 Å². The van der Waals surface area contributed by atoms with Gasteiger partial charge in [0.1, 0.15) is 0 Å². The Morgan fingerprint density at radius 3 is 1.52 bits per heavy atom. The van der Waals surface area contributed by atoms with E-state index < -0.39 is 0 Å². The summed E-state index contributed by atoms with van der Waals surface area (Å²) in [5.74, 6) is 8.21. The molecule has 144 valence electrons. The molecular weight excluding hydrogens is 324 g/mol. The number of unbranched alkanes of at least 4 members (excludes halogenated alkanes) is 9. The van der Waals surface area contributed by atoms with Crippen LogP contribution < -0.4 is 0 Å². The molecule has 0 bridgehead atoms. The van der Waals surface area contributed by atoms with Gasteiger partial charge < -0.3 is 0 Å². The third kappa shape index (κ3) is 11.3. The van der Waals surface area contributed by atoms with Gasteiger partial charge >= 0.3 is 0 Å². The van der Waals surface area contributed by atoms with E-state index in [1.54, 1.807) is 5.56 Å². The van der Waals surface area contributed by atoms with Crippen molar-refractivity contribution in [3.8, 4) is 37.0 Å². The highest BCUT2D eigenvalue weighted by Gasteiger charge is 2.05. The Balaban J connectivity index is 2.57. The summed E-state index contributed by atoms with van der Waals surface area (Å²) in [6.07, 6.45) is 33.1. The molecule has 0 heteroatoms. The smallest absolute Gasteiger partial charge is 0.00860 e. The minimum absolute atomic E-state index is 0.903. The fraction of sp³-hybridized carbons (Fsp3) is 0.556. The average Bonchev–Trinajstić information content (AvgIpc) is 2.68. The van der Waals surface area contributed by atoms with Gasteiger partial charge in [-0.2, -0.15) is 0 Å². The minimum Gasteiger partial charge on any atom is -0.120 e. The first-order valence-corrected chi connectivity index (χ1v) is 10.7. The van der Waals surface area contributed by atoms with E-state index in [-0.39, 0.29) is 0 Å². The van der Waals surface area contributed by atoms with E-state index in [9.17, 15) is 0 Å². The van der Waals surface area contributed by atoms with Crippen LogP contribution >= 0.6 is 0 Å². The number of benzene rings is 1. The van der Waals surface area contributed by atoms with E-state index in [1.165, 1.54) is 62.5 Å². The maximum Gasteiger partial charge on any atom is 0.00860 e. The van der Waals surface area contributed by atoms with E-state index in [1.807, 2.05) is 0 Å². The molecule has 1 aromatic carbocycles. The highest BCUT2D eigenvalue weighted by molar-refractivity contribution is 5.32. The van der Waals surface area contributed by atoms with Crippen molar-refractivity contribution in [3.63, 3.8) is 0 Å². The van der Waals surface area contributed by atoms with Crippen molar-refractivity contribution in [2.45, 2.75) is 96.3 Å². The summed E-state index contributed by atoms with van der Waals surface area (Å²) < 4.78 is 0. The summed E-state index contributed by atoms with van der Waals surface area (Å²) in [4.78, 5) is 0. The van der Waals surface area contributed by atoms with Gasteiger partial charge in [-0.05, 0) is 74.5 Å². The molecular formula is C27H36. The lowest BCUT2D eigenvalue weighted by molar-refractivity contribution is 0.669. The lowest BCUT2D eigenvalue weighted by Gasteiger charge is -2.12. The molecule has 0 amide bonds. The summed E-state index contributed by atoms with van der Waals surface area (Å²) in [5, 5.41) is 0. The summed E-state index contributed by atoms with van der Waals surface area (Å²) in [7, 11) is 0.